The molecule has 0 aromatic heterocycles. The summed E-state index contributed by atoms with van der Waals surface area (Å²) in [5.74, 6) is 1.60. The second-order valence-corrected chi connectivity index (χ2v) is 5.77. The number of hydrogen-bond acceptors (Lipinski definition) is 3. The fourth-order valence-corrected chi connectivity index (χ4v) is 3.41. The molecule has 4 nitrogen and oxygen atoms in total. The third-order valence-corrected chi connectivity index (χ3v) is 4.39. The Kier molecular flexibility index (Phi) is 3.19. The van der Waals surface area contributed by atoms with Gasteiger partial charge in [0.2, 0.25) is 0 Å². The Balaban J connectivity index is 1.69. The highest BCUT2D eigenvalue weighted by Crippen LogP contribution is 2.33. The van der Waals surface area contributed by atoms with E-state index in [1.165, 1.54) is 18.8 Å². The molecule has 1 amide bonds. The van der Waals surface area contributed by atoms with E-state index in [1.807, 2.05) is 12.1 Å². The van der Waals surface area contributed by atoms with Crippen molar-refractivity contribution in [2.24, 2.45) is 11.8 Å². The number of hydrogen-bond donors (Lipinski definition) is 1. The molecule has 3 rings (SSSR count). The zero-order valence-electron chi connectivity index (χ0n) is 11.6. The number of nitrogens with one attached hydrogen (secondary N) is 1. The number of fused-ring (bicyclic) bond motifs is 1. The molecule has 1 N–H and O–H groups in total. The van der Waals surface area contributed by atoms with Crippen LogP contribution < -0.4 is 10.2 Å². The van der Waals surface area contributed by atoms with Crippen molar-refractivity contribution in [3.8, 4) is 0 Å². The fourth-order valence-electron chi connectivity index (χ4n) is 3.41. The molecule has 0 saturated carbocycles. The molecule has 0 aliphatic carbocycles. The first-order valence-corrected chi connectivity index (χ1v) is 6.93. The van der Waals surface area contributed by atoms with Crippen LogP contribution in [-0.2, 0) is 0 Å². The Bertz CT molecular complexity index is 457. The summed E-state index contributed by atoms with van der Waals surface area (Å²) in [5.41, 5.74) is 1.97. The van der Waals surface area contributed by atoms with Crippen LogP contribution in [-0.4, -0.2) is 51.1 Å². The van der Waals surface area contributed by atoms with Gasteiger partial charge in [-0.2, -0.15) is 0 Å². The number of carbonyl (C=O) groups is 1. The second-order valence-electron chi connectivity index (χ2n) is 5.77. The van der Waals surface area contributed by atoms with E-state index in [-0.39, 0.29) is 5.91 Å². The standard InChI is InChI=1S/C15H21N3O/c1-16-15(19)11-3-5-14(6-4-11)18-9-12-7-17(2)8-13(12)10-18/h3-6,12-13H,7-10H2,1-2H3,(H,16,19)/t12-,13+. The minimum absolute atomic E-state index is 0.0218. The van der Waals surface area contributed by atoms with Crippen molar-refractivity contribution in [3.63, 3.8) is 0 Å². The van der Waals surface area contributed by atoms with E-state index in [2.05, 4.69) is 34.3 Å². The summed E-state index contributed by atoms with van der Waals surface area (Å²) in [5, 5.41) is 2.65. The van der Waals surface area contributed by atoms with Crippen molar-refractivity contribution >= 4 is 11.6 Å². The first-order valence-electron chi connectivity index (χ1n) is 6.93. The van der Waals surface area contributed by atoms with Gasteiger partial charge >= 0.3 is 0 Å². The summed E-state index contributed by atoms with van der Waals surface area (Å²) in [6.45, 7) is 4.73. The van der Waals surface area contributed by atoms with E-state index < -0.39 is 0 Å². The lowest BCUT2D eigenvalue weighted by atomic mass is 10.0. The lowest BCUT2D eigenvalue weighted by molar-refractivity contribution is 0.0963. The van der Waals surface area contributed by atoms with E-state index in [9.17, 15) is 4.79 Å². The monoisotopic (exact) mass is 259 g/mol. The highest BCUT2D eigenvalue weighted by Gasteiger charge is 2.38. The van der Waals surface area contributed by atoms with Crippen LogP contribution in [0.5, 0.6) is 0 Å². The molecular weight excluding hydrogens is 238 g/mol. The summed E-state index contributed by atoms with van der Waals surface area (Å²) >= 11 is 0. The maximum Gasteiger partial charge on any atom is 0.251 e. The Morgan fingerprint density at radius 3 is 2.21 bits per heavy atom. The minimum Gasteiger partial charge on any atom is -0.371 e. The third kappa shape index (κ3) is 2.32. The van der Waals surface area contributed by atoms with Crippen LogP contribution in [0.25, 0.3) is 0 Å². The first-order chi connectivity index (χ1) is 9.17. The zero-order valence-corrected chi connectivity index (χ0v) is 11.6. The molecule has 2 heterocycles. The van der Waals surface area contributed by atoms with Crippen molar-refractivity contribution in [1.82, 2.24) is 10.2 Å². The van der Waals surface area contributed by atoms with Gasteiger partial charge in [0.25, 0.3) is 5.91 Å². The number of benzene rings is 1. The highest BCUT2D eigenvalue weighted by molar-refractivity contribution is 5.94. The van der Waals surface area contributed by atoms with Gasteiger partial charge in [0, 0.05) is 44.5 Å². The lowest BCUT2D eigenvalue weighted by Crippen LogP contribution is -2.26. The van der Waals surface area contributed by atoms with Crippen molar-refractivity contribution < 1.29 is 4.79 Å². The molecule has 0 radical (unpaired) electrons. The molecule has 4 heteroatoms. The van der Waals surface area contributed by atoms with E-state index >= 15 is 0 Å². The summed E-state index contributed by atoms with van der Waals surface area (Å²) < 4.78 is 0. The first kappa shape index (κ1) is 12.5. The number of likely N-dealkylation sites (tertiary alicyclic amines) is 1. The van der Waals surface area contributed by atoms with Gasteiger partial charge in [0.15, 0.2) is 0 Å². The molecule has 102 valence electrons. The number of carbonyl (C=O) groups excluding carboxylic acids is 1. The number of nitrogens with zero attached hydrogens (tertiary/aromatic N) is 2. The number of rotatable bonds is 2. The van der Waals surface area contributed by atoms with Crippen LogP contribution in [0.2, 0.25) is 0 Å². The molecule has 2 aliphatic rings. The smallest absolute Gasteiger partial charge is 0.251 e. The van der Waals surface area contributed by atoms with Crippen LogP contribution in [0, 0.1) is 11.8 Å². The summed E-state index contributed by atoms with van der Waals surface area (Å²) in [6.07, 6.45) is 0. The van der Waals surface area contributed by atoms with E-state index in [0.29, 0.717) is 0 Å². The van der Waals surface area contributed by atoms with E-state index in [4.69, 9.17) is 0 Å². The molecular formula is C15H21N3O. The molecule has 2 saturated heterocycles. The van der Waals surface area contributed by atoms with E-state index in [0.717, 1.165) is 30.5 Å². The topological polar surface area (TPSA) is 35.6 Å². The molecule has 0 bridgehead atoms. The zero-order chi connectivity index (χ0) is 13.4. The Labute approximate surface area is 114 Å². The molecule has 2 aliphatic heterocycles. The van der Waals surface area contributed by atoms with E-state index in [1.54, 1.807) is 7.05 Å². The molecule has 2 atom stereocenters. The normalized spacial score (nSPS) is 26.5. The Morgan fingerprint density at radius 2 is 1.68 bits per heavy atom. The molecule has 2 fully saturated rings. The highest BCUT2D eigenvalue weighted by atomic mass is 16.1. The Hall–Kier alpha value is -1.55. The summed E-state index contributed by atoms with van der Waals surface area (Å²) in [6, 6.07) is 7.95. The quantitative estimate of drug-likeness (QED) is 0.862. The van der Waals surface area contributed by atoms with Gasteiger partial charge in [-0.25, -0.2) is 0 Å². The van der Waals surface area contributed by atoms with Gasteiger partial charge in [-0.1, -0.05) is 0 Å². The predicted molar refractivity (Wildman–Crippen MR) is 76.5 cm³/mol. The third-order valence-electron chi connectivity index (χ3n) is 4.39. The van der Waals surface area contributed by atoms with Gasteiger partial charge in [0.05, 0.1) is 0 Å². The van der Waals surface area contributed by atoms with Gasteiger partial charge in [0.1, 0.15) is 0 Å². The van der Waals surface area contributed by atoms with Crippen LogP contribution in [0.4, 0.5) is 5.69 Å². The van der Waals surface area contributed by atoms with Crippen LogP contribution in [0.1, 0.15) is 10.4 Å². The van der Waals surface area contributed by atoms with Crippen LogP contribution in [0.3, 0.4) is 0 Å². The lowest BCUT2D eigenvalue weighted by Gasteiger charge is -2.21. The maximum absolute atomic E-state index is 11.5. The molecule has 0 unspecified atom stereocenters. The van der Waals surface area contributed by atoms with Crippen molar-refractivity contribution in [2.45, 2.75) is 0 Å². The molecule has 1 aromatic rings. The SMILES string of the molecule is CNC(=O)c1ccc(N2C[C@H]3CN(C)C[C@H]3C2)cc1. The predicted octanol–water partition coefficient (Wildman–Crippen LogP) is 1.04. The van der Waals surface area contributed by atoms with Gasteiger partial charge in [-0.3, -0.25) is 4.79 Å². The summed E-state index contributed by atoms with van der Waals surface area (Å²) in [7, 11) is 3.87. The maximum atomic E-state index is 11.5. The average Bonchev–Trinajstić information content (AvgIpc) is 2.95. The molecule has 19 heavy (non-hydrogen) atoms. The minimum atomic E-state index is -0.0218. The van der Waals surface area contributed by atoms with Crippen LogP contribution in [0.15, 0.2) is 24.3 Å². The largest absolute Gasteiger partial charge is 0.371 e. The van der Waals surface area contributed by atoms with Gasteiger partial charge in [-0.15, -0.1) is 0 Å². The van der Waals surface area contributed by atoms with Crippen molar-refractivity contribution in [2.75, 3.05) is 45.2 Å². The molecule has 1 aromatic carbocycles. The number of anilines is 1. The van der Waals surface area contributed by atoms with Crippen molar-refractivity contribution in [1.29, 1.82) is 0 Å². The van der Waals surface area contributed by atoms with Crippen LogP contribution >= 0.6 is 0 Å². The summed E-state index contributed by atoms with van der Waals surface area (Å²) in [4.78, 5) is 16.4. The van der Waals surface area contributed by atoms with Crippen molar-refractivity contribution in [3.05, 3.63) is 29.8 Å². The van der Waals surface area contributed by atoms with Gasteiger partial charge in [-0.05, 0) is 43.1 Å². The van der Waals surface area contributed by atoms with Gasteiger partial charge < -0.3 is 15.1 Å². The fraction of sp³-hybridized carbons (Fsp3) is 0.533. The Morgan fingerprint density at radius 1 is 1.11 bits per heavy atom. The second kappa shape index (κ2) is 4.85. The average molecular weight is 259 g/mol. The number of amides is 1. The molecule has 0 spiro atoms.